The van der Waals surface area contributed by atoms with E-state index in [9.17, 15) is 9.18 Å². The minimum absolute atomic E-state index is 0.123. The minimum atomic E-state index is -0.651. The van der Waals surface area contributed by atoms with Crippen molar-refractivity contribution in [3.8, 4) is 0 Å². The maximum atomic E-state index is 13.3. The molecule has 0 aliphatic carbocycles. The highest BCUT2D eigenvalue weighted by Gasteiger charge is 2.40. The lowest BCUT2D eigenvalue weighted by molar-refractivity contribution is -0.163. The average molecular weight is 345 g/mol. The third-order valence-electron chi connectivity index (χ3n) is 5.55. The van der Waals surface area contributed by atoms with E-state index in [1.165, 1.54) is 12.1 Å². The van der Waals surface area contributed by atoms with E-state index in [-0.39, 0.29) is 17.6 Å². The molecule has 5 nitrogen and oxygen atoms in total. The Bertz CT molecular complexity index is 774. The van der Waals surface area contributed by atoms with E-state index in [2.05, 4.69) is 9.97 Å². The first-order chi connectivity index (χ1) is 12.0. The first-order valence-corrected chi connectivity index (χ1v) is 9.14. The van der Waals surface area contributed by atoms with Crippen LogP contribution in [-0.4, -0.2) is 46.1 Å². The van der Waals surface area contributed by atoms with Crippen molar-refractivity contribution in [3.63, 3.8) is 0 Å². The number of amides is 1. The molecule has 2 fully saturated rings. The van der Waals surface area contributed by atoms with E-state index in [1.807, 2.05) is 11.8 Å². The van der Waals surface area contributed by atoms with Gasteiger partial charge >= 0.3 is 0 Å². The second-order valence-electron chi connectivity index (χ2n) is 7.39. The van der Waals surface area contributed by atoms with Gasteiger partial charge in [-0.15, -0.1) is 0 Å². The number of likely N-dealkylation sites (tertiary alicyclic amines) is 1. The Labute approximate surface area is 146 Å². The molecule has 2 aromatic rings. The molecule has 3 heterocycles. The number of imidazole rings is 1. The van der Waals surface area contributed by atoms with Crippen molar-refractivity contribution in [1.29, 1.82) is 0 Å². The summed E-state index contributed by atoms with van der Waals surface area (Å²) in [5.74, 6) is 1.04. The molecule has 25 heavy (non-hydrogen) atoms. The van der Waals surface area contributed by atoms with E-state index in [4.69, 9.17) is 4.74 Å². The number of aromatic amines is 1. The lowest BCUT2D eigenvalue weighted by Gasteiger charge is -2.39. The van der Waals surface area contributed by atoms with Gasteiger partial charge < -0.3 is 14.6 Å². The van der Waals surface area contributed by atoms with E-state index in [0.717, 1.165) is 49.0 Å². The van der Waals surface area contributed by atoms with Gasteiger partial charge in [0.1, 0.15) is 17.2 Å². The molecule has 1 aromatic carbocycles. The van der Waals surface area contributed by atoms with Crippen LogP contribution in [0.2, 0.25) is 0 Å². The highest BCUT2D eigenvalue weighted by atomic mass is 19.1. The minimum Gasteiger partial charge on any atom is -0.365 e. The lowest BCUT2D eigenvalue weighted by Crippen LogP contribution is -2.52. The van der Waals surface area contributed by atoms with Crippen LogP contribution < -0.4 is 0 Å². The summed E-state index contributed by atoms with van der Waals surface area (Å²) >= 11 is 0. The van der Waals surface area contributed by atoms with Crippen LogP contribution in [0.3, 0.4) is 0 Å². The number of nitrogens with one attached hydrogen (secondary N) is 1. The van der Waals surface area contributed by atoms with Crippen molar-refractivity contribution in [2.75, 3.05) is 19.7 Å². The molecular weight excluding hydrogens is 321 g/mol. The summed E-state index contributed by atoms with van der Waals surface area (Å²) < 4.78 is 19.1. The second kappa shape index (κ2) is 6.41. The zero-order valence-electron chi connectivity index (χ0n) is 14.6. The lowest BCUT2D eigenvalue weighted by atomic mass is 9.91. The highest BCUT2D eigenvalue weighted by molar-refractivity contribution is 5.85. The number of aromatic nitrogens is 2. The fourth-order valence-electron chi connectivity index (χ4n) is 3.99. The number of hydrogen-bond donors (Lipinski definition) is 1. The third-order valence-corrected chi connectivity index (χ3v) is 5.55. The van der Waals surface area contributed by atoms with Crippen LogP contribution in [0.5, 0.6) is 0 Å². The summed E-state index contributed by atoms with van der Waals surface area (Å²) in [7, 11) is 0. The molecule has 2 aliphatic rings. The molecule has 2 aliphatic heterocycles. The smallest absolute Gasteiger partial charge is 0.254 e. The topological polar surface area (TPSA) is 58.2 Å². The molecule has 0 unspecified atom stereocenters. The van der Waals surface area contributed by atoms with Gasteiger partial charge in [-0.3, -0.25) is 4.79 Å². The largest absolute Gasteiger partial charge is 0.365 e. The zero-order chi connectivity index (χ0) is 17.4. The number of carbonyl (C=O) groups is 1. The molecule has 4 rings (SSSR count). The van der Waals surface area contributed by atoms with Crippen LogP contribution in [0.1, 0.15) is 50.8 Å². The van der Waals surface area contributed by atoms with Gasteiger partial charge in [-0.05, 0) is 57.2 Å². The molecule has 1 atom stereocenters. The van der Waals surface area contributed by atoms with Crippen LogP contribution in [0.4, 0.5) is 4.39 Å². The van der Waals surface area contributed by atoms with E-state index in [1.54, 1.807) is 6.07 Å². The van der Waals surface area contributed by atoms with Crippen molar-refractivity contribution < 1.29 is 13.9 Å². The van der Waals surface area contributed by atoms with Gasteiger partial charge in [0.25, 0.3) is 5.91 Å². The molecular formula is C19H24FN3O2. The molecule has 134 valence electrons. The Morgan fingerprint density at radius 3 is 2.88 bits per heavy atom. The van der Waals surface area contributed by atoms with Crippen molar-refractivity contribution in [1.82, 2.24) is 14.9 Å². The van der Waals surface area contributed by atoms with Crippen molar-refractivity contribution in [3.05, 3.63) is 29.8 Å². The molecule has 0 spiro atoms. The van der Waals surface area contributed by atoms with Crippen LogP contribution in [-0.2, 0) is 9.53 Å². The SMILES string of the molecule is C[C@]1(C(=O)N2CCC(c3nc4ccc(F)cc4[nH]3)CC2)CCCCO1. The van der Waals surface area contributed by atoms with Gasteiger partial charge in [0.15, 0.2) is 0 Å². The number of carbonyl (C=O) groups excluding carboxylic acids is 1. The number of fused-ring (bicyclic) bond motifs is 1. The Kier molecular flexibility index (Phi) is 4.23. The van der Waals surface area contributed by atoms with E-state index < -0.39 is 5.60 Å². The van der Waals surface area contributed by atoms with E-state index >= 15 is 0 Å². The van der Waals surface area contributed by atoms with Gasteiger partial charge in [0.2, 0.25) is 0 Å². The quantitative estimate of drug-likeness (QED) is 0.908. The van der Waals surface area contributed by atoms with Crippen molar-refractivity contribution in [2.45, 2.75) is 50.5 Å². The van der Waals surface area contributed by atoms with Gasteiger partial charge in [-0.1, -0.05) is 0 Å². The standard InChI is InChI=1S/C19H24FN3O2/c1-19(8-2-3-11-25-19)18(24)23-9-6-13(7-10-23)17-21-15-5-4-14(20)12-16(15)22-17/h4-5,12-13H,2-3,6-11H2,1H3,(H,21,22)/t19-/m1/s1. The molecule has 0 bridgehead atoms. The van der Waals surface area contributed by atoms with Crippen LogP contribution in [0.25, 0.3) is 11.0 Å². The molecule has 0 radical (unpaired) electrons. The number of hydrogen-bond acceptors (Lipinski definition) is 3. The number of piperidine rings is 1. The number of benzene rings is 1. The molecule has 1 amide bonds. The van der Waals surface area contributed by atoms with Gasteiger partial charge in [0.05, 0.1) is 11.0 Å². The molecule has 1 N–H and O–H groups in total. The second-order valence-corrected chi connectivity index (χ2v) is 7.39. The van der Waals surface area contributed by atoms with Crippen LogP contribution >= 0.6 is 0 Å². The summed E-state index contributed by atoms with van der Waals surface area (Å²) in [4.78, 5) is 22.6. The Morgan fingerprint density at radius 2 is 2.16 bits per heavy atom. The van der Waals surface area contributed by atoms with Crippen molar-refractivity contribution >= 4 is 16.9 Å². The van der Waals surface area contributed by atoms with Crippen LogP contribution in [0, 0.1) is 5.82 Å². The summed E-state index contributed by atoms with van der Waals surface area (Å²) in [5.41, 5.74) is 0.872. The van der Waals surface area contributed by atoms with Gasteiger partial charge in [-0.25, -0.2) is 9.37 Å². The Morgan fingerprint density at radius 1 is 1.36 bits per heavy atom. The summed E-state index contributed by atoms with van der Waals surface area (Å²) in [6.45, 7) is 4.03. The van der Waals surface area contributed by atoms with Gasteiger partial charge in [-0.2, -0.15) is 0 Å². The number of rotatable bonds is 2. The van der Waals surface area contributed by atoms with Crippen molar-refractivity contribution in [2.24, 2.45) is 0 Å². The fourth-order valence-corrected chi connectivity index (χ4v) is 3.99. The molecule has 0 saturated carbocycles. The number of H-pyrrole nitrogens is 1. The predicted octanol–water partition coefficient (Wildman–Crippen LogP) is 3.37. The first-order valence-electron chi connectivity index (χ1n) is 9.14. The molecule has 6 heteroatoms. The fraction of sp³-hybridized carbons (Fsp3) is 0.579. The highest BCUT2D eigenvalue weighted by Crippen LogP contribution is 2.32. The number of ether oxygens (including phenoxy) is 1. The van der Waals surface area contributed by atoms with E-state index in [0.29, 0.717) is 19.7 Å². The monoisotopic (exact) mass is 345 g/mol. The molecule has 2 saturated heterocycles. The number of nitrogens with zero attached hydrogens (tertiary/aromatic N) is 2. The molecule has 1 aromatic heterocycles. The summed E-state index contributed by atoms with van der Waals surface area (Å²) in [6, 6.07) is 4.61. The normalized spacial score (nSPS) is 25.4. The number of halogens is 1. The predicted molar refractivity (Wildman–Crippen MR) is 92.8 cm³/mol. The van der Waals surface area contributed by atoms with Crippen LogP contribution in [0.15, 0.2) is 18.2 Å². The third kappa shape index (κ3) is 3.15. The maximum absolute atomic E-state index is 13.3. The van der Waals surface area contributed by atoms with Gasteiger partial charge in [0, 0.05) is 25.6 Å². The average Bonchev–Trinajstić information content (AvgIpc) is 3.05. The summed E-state index contributed by atoms with van der Waals surface area (Å²) in [5, 5.41) is 0. The zero-order valence-corrected chi connectivity index (χ0v) is 14.6. The Balaban J connectivity index is 1.42. The maximum Gasteiger partial charge on any atom is 0.254 e. The summed E-state index contributed by atoms with van der Waals surface area (Å²) in [6.07, 6.45) is 4.63. The Hall–Kier alpha value is -1.95. The first kappa shape index (κ1) is 16.5.